The first-order valence-corrected chi connectivity index (χ1v) is 5.03. The maximum atomic E-state index is 10.5. The summed E-state index contributed by atoms with van der Waals surface area (Å²) >= 11 is 0. The summed E-state index contributed by atoms with van der Waals surface area (Å²) in [6.45, 7) is 2.76. The average Bonchev–Trinajstić information content (AvgIpc) is 2.24. The Kier molecular flexibility index (Phi) is 2.38. The van der Waals surface area contributed by atoms with Gasteiger partial charge in [-0.2, -0.15) is 0 Å². The van der Waals surface area contributed by atoms with Crippen molar-refractivity contribution in [2.24, 2.45) is 4.99 Å². The van der Waals surface area contributed by atoms with E-state index in [4.69, 9.17) is 0 Å². The summed E-state index contributed by atoms with van der Waals surface area (Å²) in [4.78, 5) is 4.33. The molecule has 0 aromatic heterocycles. The summed E-state index contributed by atoms with van der Waals surface area (Å²) in [5.41, 5.74) is 0.982. The molecule has 0 aliphatic carbocycles. The highest BCUT2D eigenvalue weighted by atomic mass is 16.3. The average molecular weight is 189 g/mol. The number of rotatable bonds is 1. The molecule has 0 radical (unpaired) electrons. The fourth-order valence-electron chi connectivity index (χ4n) is 1.96. The Morgan fingerprint density at radius 3 is 2.64 bits per heavy atom. The van der Waals surface area contributed by atoms with Gasteiger partial charge < -0.3 is 5.11 Å². The molecule has 0 unspecified atom stereocenters. The first-order chi connectivity index (χ1) is 6.73. The number of benzene rings is 1. The summed E-state index contributed by atoms with van der Waals surface area (Å²) in [6.07, 6.45) is 1.75. The zero-order valence-corrected chi connectivity index (χ0v) is 8.40. The lowest BCUT2D eigenvalue weighted by molar-refractivity contribution is 0.0934. The molecule has 14 heavy (non-hydrogen) atoms. The van der Waals surface area contributed by atoms with Gasteiger partial charge in [0.15, 0.2) is 0 Å². The van der Waals surface area contributed by atoms with Crippen LogP contribution in [-0.4, -0.2) is 17.4 Å². The third-order valence-corrected chi connectivity index (χ3v) is 2.90. The van der Waals surface area contributed by atoms with Crippen LogP contribution in [0.2, 0.25) is 0 Å². The number of aliphatic hydroxyl groups is 1. The van der Waals surface area contributed by atoms with Crippen LogP contribution in [0, 0.1) is 0 Å². The van der Waals surface area contributed by atoms with Crippen LogP contribution in [0.15, 0.2) is 35.3 Å². The Balaban J connectivity index is 2.41. The van der Waals surface area contributed by atoms with Crippen LogP contribution in [-0.2, 0) is 5.60 Å². The molecule has 1 aliphatic rings. The summed E-state index contributed by atoms with van der Waals surface area (Å²) in [5, 5.41) is 10.5. The van der Waals surface area contributed by atoms with Crippen molar-refractivity contribution in [3.8, 4) is 0 Å². The summed E-state index contributed by atoms with van der Waals surface area (Å²) < 4.78 is 0. The van der Waals surface area contributed by atoms with E-state index < -0.39 is 5.60 Å². The normalized spacial score (nSPS) is 27.1. The molecule has 74 valence electrons. The van der Waals surface area contributed by atoms with Gasteiger partial charge in [-0.3, -0.25) is 4.99 Å². The fraction of sp³-hybridized carbons (Fsp3) is 0.417. The van der Waals surface area contributed by atoms with E-state index in [9.17, 15) is 5.11 Å². The number of hydrogen-bond acceptors (Lipinski definition) is 2. The van der Waals surface area contributed by atoms with Crippen LogP contribution in [0.3, 0.4) is 0 Å². The molecule has 0 saturated heterocycles. The second-order valence-electron chi connectivity index (χ2n) is 3.80. The van der Waals surface area contributed by atoms with Crippen molar-refractivity contribution in [2.75, 3.05) is 6.54 Å². The van der Waals surface area contributed by atoms with Crippen molar-refractivity contribution < 1.29 is 5.11 Å². The molecule has 2 heteroatoms. The molecule has 1 atom stereocenters. The van der Waals surface area contributed by atoms with E-state index in [-0.39, 0.29) is 0 Å². The number of aliphatic imine (C=N–C) groups is 1. The molecule has 1 aromatic rings. The monoisotopic (exact) mass is 189 g/mol. The molecule has 1 N–H and O–H groups in total. The Labute approximate surface area is 84.3 Å². The standard InChI is InChI=1S/C12H15NO/c1-10-12(14,8-5-9-13-10)11-6-3-2-4-7-11/h2-4,6-7,14H,5,8-9H2,1H3/t12-/m1/s1. The van der Waals surface area contributed by atoms with E-state index in [1.54, 1.807) is 0 Å². The van der Waals surface area contributed by atoms with E-state index in [1.165, 1.54) is 0 Å². The Bertz CT molecular complexity index is 345. The van der Waals surface area contributed by atoms with Crippen LogP contribution < -0.4 is 0 Å². The largest absolute Gasteiger partial charge is 0.379 e. The number of hydrogen-bond donors (Lipinski definition) is 1. The van der Waals surface area contributed by atoms with Gasteiger partial charge in [0.1, 0.15) is 5.60 Å². The zero-order chi connectivity index (χ0) is 10.0. The first-order valence-electron chi connectivity index (χ1n) is 5.03. The second kappa shape index (κ2) is 3.54. The van der Waals surface area contributed by atoms with Crippen molar-refractivity contribution >= 4 is 5.71 Å². The topological polar surface area (TPSA) is 32.6 Å². The van der Waals surface area contributed by atoms with Crippen LogP contribution in [0.1, 0.15) is 25.3 Å². The maximum absolute atomic E-state index is 10.5. The van der Waals surface area contributed by atoms with E-state index in [1.807, 2.05) is 37.3 Å². The molecule has 2 nitrogen and oxygen atoms in total. The molecule has 0 spiro atoms. The van der Waals surface area contributed by atoms with Gasteiger partial charge >= 0.3 is 0 Å². The predicted octanol–water partition coefficient (Wildman–Crippen LogP) is 2.13. The Hall–Kier alpha value is -1.15. The van der Waals surface area contributed by atoms with E-state index >= 15 is 0 Å². The van der Waals surface area contributed by atoms with Crippen LogP contribution in [0.25, 0.3) is 0 Å². The zero-order valence-electron chi connectivity index (χ0n) is 8.40. The third kappa shape index (κ3) is 1.46. The SMILES string of the molecule is CC1=NCCC[C@]1(O)c1ccccc1. The molecular formula is C12H15NO. The van der Waals surface area contributed by atoms with Crippen LogP contribution >= 0.6 is 0 Å². The van der Waals surface area contributed by atoms with Gasteiger partial charge in [-0.1, -0.05) is 30.3 Å². The highest BCUT2D eigenvalue weighted by Gasteiger charge is 2.33. The van der Waals surface area contributed by atoms with E-state index in [2.05, 4.69) is 4.99 Å². The lowest BCUT2D eigenvalue weighted by Crippen LogP contribution is -2.36. The van der Waals surface area contributed by atoms with Gasteiger partial charge in [0, 0.05) is 12.3 Å². The van der Waals surface area contributed by atoms with Crippen molar-refractivity contribution in [2.45, 2.75) is 25.4 Å². The third-order valence-electron chi connectivity index (χ3n) is 2.90. The molecule has 1 heterocycles. The summed E-state index contributed by atoms with van der Waals surface area (Å²) in [5.74, 6) is 0. The summed E-state index contributed by atoms with van der Waals surface area (Å²) in [7, 11) is 0. The van der Waals surface area contributed by atoms with Crippen molar-refractivity contribution in [1.29, 1.82) is 0 Å². The molecule has 0 fully saturated rings. The highest BCUT2D eigenvalue weighted by Crippen LogP contribution is 2.30. The van der Waals surface area contributed by atoms with Gasteiger partial charge in [0.05, 0.1) is 0 Å². The van der Waals surface area contributed by atoms with Gasteiger partial charge in [-0.05, 0) is 25.3 Å². The molecule has 0 amide bonds. The quantitative estimate of drug-likeness (QED) is 0.721. The van der Waals surface area contributed by atoms with Gasteiger partial charge in [-0.25, -0.2) is 0 Å². The molecular weight excluding hydrogens is 174 g/mol. The maximum Gasteiger partial charge on any atom is 0.127 e. The molecule has 0 bridgehead atoms. The predicted molar refractivity (Wildman–Crippen MR) is 57.5 cm³/mol. The molecule has 1 aliphatic heterocycles. The minimum absolute atomic E-state index is 0.784. The second-order valence-corrected chi connectivity index (χ2v) is 3.80. The van der Waals surface area contributed by atoms with Crippen LogP contribution in [0.5, 0.6) is 0 Å². The summed E-state index contributed by atoms with van der Waals surface area (Å²) in [6, 6.07) is 9.79. The van der Waals surface area contributed by atoms with Crippen molar-refractivity contribution in [3.63, 3.8) is 0 Å². The fourth-order valence-corrected chi connectivity index (χ4v) is 1.96. The van der Waals surface area contributed by atoms with Crippen LogP contribution in [0.4, 0.5) is 0 Å². The lowest BCUT2D eigenvalue weighted by Gasteiger charge is -2.31. The Morgan fingerprint density at radius 1 is 1.29 bits per heavy atom. The first kappa shape index (κ1) is 9.41. The smallest absolute Gasteiger partial charge is 0.127 e. The van der Waals surface area contributed by atoms with Crippen molar-refractivity contribution in [3.05, 3.63) is 35.9 Å². The molecule has 1 aromatic carbocycles. The van der Waals surface area contributed by atoms with Crippen molar-refractivity contribution in [1.82, 2.24) is 0 Å². The Morgan fingerprint density at radius 2 is 2.00 bits per heavy atom. The lowest BCUT2D eigenvalue weighted by atomic mass is 9.83. The van der Waals surface area contributed by atoms with E-state index in [0.717, 1.165) is 30.7 Å². The van der Waals surface area contributed by atoms with Gasteiger partial charge in [-0.15, -0.1) is 0 Å². The minimum atomic E-state index is -0.820. The van der Waals surface area contributed by atoms with Gasteiger partial charge in [0.2, 0.25) is 0 Å². The van der Waals surface area contributed by atoms with E-state index in [0.29, 0.717) is 0 Å². The van der Waals surface area contributed by atoms with Gasteiger partial charge in [0.25, 0.3) is 0 Å². The highest BCUT2D eigenvalue weighted by molar-refractivity contribution is 5.91. The molecule has 0 saturated carbocycles. The molecule has 2 rings (SSSR count). The number of nitrogens with zero attached hydrogens (tertiary/aromatic N) is 1. The minimum Gasteiger partial charge on any atom is -0.379 e.